The van der Waals surface area contributed by atoms with Crippen LogP contribution >= 0.6 is 0 Å². The van der Waals surface area contributed by atoms with Crippen LogP contribution < -0.4 is 5.32 Å². The molecule has 2 rings (SSSR count). The Morgan fingerprint density at radius 1 is 1.24 bits per heavy atom. The lowest BCUT2D eigenvalue weighted by Gasteiger charge is -2.19. The van der Waals surface area contributed by atoms with E-state index in [9.17, 15) is 18.0 Å². The second-order valence-electron chi connectivity index (χ2n) is 5.24. The molecule has 1 aromatic rings. The Balaban J connectivity index is 2.02. The van der Waals surface area contributed by atoms with Crippen molar-refractivity contribution in [2.24, 2.45) is 5.92 Å². The van der Waals surface area contributed by atoms with E-state index >= 15 is 0 Å². The summed E-state index contributed by atoms with van der Waals surface area (Å²) in [5, 5.41) is 2.78. The van der Waals surface area contributed by atoms with Gasteiger partial charge < -0.3 is 5.32 Å². The largest absolute Gasteiger partial charge is 0.389 e. The lowest BCUT2D eigenvalue weighted by atomic mass is 9.93. The van der Waals surface area contributed by atoms with Crippen LogP contribution in [0, 0.1) is 5.92 Å². The van der Waals surface area contributed by atoms with Crippen LogP contribution in [0.3, 0.4) is 0 Å². The Labute approximate surface area is 122 Å². The Morgan fingerprint density at radius 2 is 2.00 bits per heavy atom. The maximum atomic E-state index is 12.3. The van der Waals surface area contributed by atoms with Crippen LogP contribution in [-0.4, -0.2) is 12.1 Å². The standard InChI is InChI=1S/C16H18F3NO/c17-16(18,19)11-10-12-6-4-5-9-14(12)20-15(21)13-7-2-1-3-8-13/h1-2,4-6,9,13H,3,7-8,10-11H2,(H,20,21). The molecule has 1 aliphatic rings. The lowest BCUT2D eigenvalue weighted by Crippen LogP contribution is -2.24. The zero-order valence-electron chi connectivity index (χ0n) is 11.6. The van der Waals surface area contributed by atoms with Crippen LogP contribution in [0.4, 0.5) is 18.9 Å². The van der Waals surface area contributed by atoms with E-state index < -0.39 is 12.6 Å². The molecule has 0 spiro atoms. The normalized spacial score (nSPS) is 18.5. The molecule has 1 N–H and O–H groups in total. The molecule has 1 atom stereocenters. The van der Waals surface area contributed by atoms with E-state index in [0.717, 1.165) is 12.8 Å². The van der Waals surface area contributed by atoms with Gasteiger partial charge in [-0.05, 0) is 37.3 Å². The molecular weight excluding hydrogens is 279 g/mol. The van der Waals surface area contributed by atoms with E-state index in [1.54, 1.807) is 24.3 Å². The van der Waals surface area contributed by atoms with Crippen molar-refractivity contribution in [2.75, 3.05) is 5.32 Å². The molecule has 0 aliphatic heterocycles. The topological polar surface area (TPSA) is 29.1 Å². The summed E-state index contributed by atoms with van der Waals surface area (Å²) < 4.78 is 37.0. The van der Waals surface area contributed by atoms with Gasteiger partial charge in [0.1, 0.15) is 0 Å². The number of hydrogen-bond donors (Lipinski definition) is 1. The van der Waals surface area contributed by atoms with Crippen molar-refractivity contribution in [1.29, 1.82) is 0 Å². The number of hydrogen-bond acceptors (Lipinski definition) is 1. The number of benzene rings is 1. The molecule has 5 heteroatoms. The maximum absolute atomic E-state index is 12.3. The maximum Gasteiger partial charge on any atom is 0.389 e. The number of nitrogens with one attached hydrogen (secondary N) is 1. The first-order valence-corrected chi connectivity index (χ1v) is 7.06. The van der Waals surface area contributed by atoms with E-state index in [4.69, 9.17) is 0 Å². The van der Waals surface area contributed by atoms with Gasteiger partial charge in [0.25, 0.3) is 0 Å². The van der Waals surface area contributed by atoms with Crippen molar-refractivity contribution >= 4 is 11.6 Å². The van der Waals surface area contributed by atoms with Crippen LogP contribution in [0.2, 0.25) is 0 Å². The van der Waals surface area contributed by atoms with Gasteiger partial charge in [-0.25, -0.2) is 0 Å². The van der Waals surface area contributed by atoms with Gasteiger partial charge in [-0.2, -0.15) is 13.2 Å². The van der Waals surface area contributed by atoms with Crippen molar-refractivity contribution in [3.05, 3.63) is 42.0 Å². The molecule has 0 fully saturated rings. The number of para-hydroxylation sites is 1. The van der Waals surface area contributed by atoms with Crippen LogP contribution in [0.15, 0.2) is 36.4 Å². The summed E-state index contributed by atoms with van der Waals surface area (Å²) in [6, 6.07) is 6.68. The molecule has 2 nitrogen and oxygen atoms in total. The Hall–Kier alpha value is -1.78. The summed E-state index contributed by atoms with van der Waals surface area (Å²) >= 11 is 0. The van der Waals surface area contributed by atoms with Gasteiger partial charge in [0.2, 0.25) is 5.91 Å². The number of halogens is 3. The molecular formula is C16H18F3NO. The van der Waals surface area contributed by atoms with Gasteiger partial charge in [0.05, 0.1) is 0 Å². The van der Waals surface area contributed by atoms with Crippen LogP contribution in [-0.2, 0) is 11.2 Å². The number of alkyl halides is 3. The van der Waals surface area contributed by atoms with Crippen molar-refractivity contribution in [1.82, 2.24) is 0 Å². The number of amides is 1. The third-order valence-corrected chi connectivity index (χ3v) is 3.59. The summed E-state index contributed by atoms with van der Waals surface area (Å²) in [6.45, 7) is 0. The van der Waals surface area contributed by atoms with Crippen LogP contribution in [0.5, 0.6) is 0 Å². The molecule has 114 valence electrons. The van der Waals surface area contributed by atoms with Crippen LogP contribution in [0.1, 0.15) is 31.2 Å². The highest BCUT2D eigenvalue weighted by Crippen LogP contribution is 2.26. The van der Waals surface area contributed by atoms with E-state index in [0.29, 0.717) is 17.7 Å². The predicted molar refractivity (Wildman–Crippen MR) is 75.9 cm³/mol. The molecule has 1 aliphatic carbocycles. The second kappa shape index (κ2) is 6.78. The molecule has 1 aromatic carbocycles. The molecule has 0 saturated heterocycles. The minimum atomic E-state index is -4.19. The van der Waals surface area contributed by atoms with Crippen molar-refractivity contribution < 1.29 is 18.0 Å². The van der Waals surface area contributed by atoms with Gasteiger partial charge in [0.15, 0.2) is 0 Å². The molecule has 0 radical (unpaired) electrons. The first-order chi connectivity index (χ1) is 9.96. The molecule has 0 heterocycles. The Bertz CT molecular complexity index is 522. The first-order valence-electron chi connectivity index (χ1n) is 7.06. The fourth-order valence-corrected chi connectivity index (χ4v) is 2.40. The first kappa shape index (κ1) is 15.6. The van der Waals surface area contributed by atoms with E-state index in [1.165, 1.54) is 0 Å². The Kier molecular flexibility index (Phi) is 5.04. The summed E-state index contributed by atoms with van der Waals surface area (Å²) in [6.07, 6.45) is 1.17. The van der Waals surface area contributed by atoms with Gasteiger partial charge in [-0.3, -0.25) is 4.79 Å². The number of aryl methyl sites for hydroxylation is 1. The number of rotatable bonds is 4. The smallest absolute Gasteiger partial charge is 0.326 e. The van der Waals surface area contributed by atoms with Crippen molar-refractivity contribution in [2.45, 2.75) is 38.3 Å². The average molecular weight is 297 g/mol. The van der Waals surface area contributed by atoms with Crippen molar-refractivity contribution in [3.8, 4) is 0 Å². The monoisotopic (exact) mass is 297 g/mol. The highest BCUT2D eigenvalue weighted by molar-refractivity contribution is 5.93. The number of anilines is 1. The molecule has 1 amide bonds. The fraction of sp³-hybridized carbons (Fsp3) is 0.438. The third-order valence-electron chi connectivity index (χ3n) is 3.59. The third kappa shape index (κ3) is 4.92. The minimum Gasteiger partial charge on any atom is -0.326 e. The SMILES string of the molecule is O=C(Nc1ccccc1CCC(F)(F)F)C1CC=CCC1. The van der Waals surface area contributed by atoms with Crippen LogP contribution in [0.25, 0.3) is 0 Å². The van der Waals surface area contributed by atoms with Gasteiger partial charge >= 0.3 is 6.18 Å². The second-order valence-corrected chi connectivity index (χ2v) is 5.24. The van der Waals surface area contributed by atoms with Gasteiger partial charge in [-0.15, -0.1) is 0 Å². The molecule has 0 saturated carbocycles. The zero-order valence-corrected chi connectivity index (χ0v) is 11.6. The quantitative estimate of drug-likeness (QED) is 0.816. The molecule has 21 heavy (non-hydrogen) atoms. The predicted octanol–water partition coefficient (Wildman–Crippen LogP) is 4.48. The summed E-state index contributed by atoms with van der Waals surface area (Å²) in [5.74, 6) is -0.204. The summed E-state index contributed by atoms with van der Waals surface area (Å²) in [5.41, 5.74) is 1.01. The highest BCUT2D eigenvalue weighted by Gasteiger charge is 2.27. The average Bonchev–Trinajstić information content (AvgIpc) is 2.46. The van der Waals surface area contributed by atoms with E-state index in [-0.39, 0.29) is 18.2 Å². The highest BCUT2D eigenvalue weighted by atomic mass is 19.4. The molecule has 0 aromatic heterocycles. The van der Waals surface area contributed by atoms with Gasteiger partial charge in [-0.1, -0.05) is 30.4 Å². The number of carbonyl (C=O) groups is 1. The zero-order chi connectivity index (χ0) is 15.3. The summed E-state index contributed by atoms with van der Waals surface area (Å²) in [4.78, 5) is 12.2. The number of carbonyl (C=O) groups excluding carboxylic acids is 1. The van der Waals surface area contributed by atoms with E-state index in [1.807, 2.05) is 12.2 Å². The number of allylic oxidation sites excluding steroid dienone is 2. The Morgan fingerprint density at radius 3 is 2.67 bits per heavy atom. The van der Waals surface area contributed by atoms with E-state index in [2.05, 4.69) is 5.32 Å². The van der Waals surface area contributed by atoms with Gasteiger partial charge in [0, 0.05) is 18.0 Å². The minimum absolute atomic E-state index is 0.0920. The fourth-order valence-electron chi connectivity index (χ4n) is 2.40. The molecule has 0 bridgehead atoms. The molecule has 1 unspecified atom stereocenters. The lowest BCUT2D eigenvalue weighted by molar-refractivity contribution is -0.133. The summed E-state index contributed by atoms with van der Waals surface area (Å²) in [7, 11) is 0. The van der Waals surface area contributed by atoms with Crippen molar-refractivity contribution in [3.63, 3.8) is 0 Å².